The maximum atomic E-state index is 11.9. The Kier molecular flexibility index (Phi) is 9.68. The number of fused-ring (bicyclic) bond motifs is 18. The molecule has 6 heterocycles. The van der Waals surface area contributed by atoms with Crippen LogP contribution in [0.2, 0.25) is 0 Å². The van der Waals surface area contributed by atoms with Gasteiger partial charge >= 0.3 is 0 Å². The summed E-state index contributed by atoms with van der Waals surface area (Å²) in [5, 5.41) is -0.617. The van der Waals surface area contributed by atoms with E-state index in [2.05, 4.69) is 129 Å². The summed E-state index contributed by atoms with van der Waals surface area (Å²) in [7, 11) is 0. The van der Waals surface area contributed by atoms with Gasteiger partial charge in [0, 0.05) is 72.2 Å². The minimum absolute atomic E-state index is 0.00249. The van der Waals surface area contributed by atoms with Gasteiger partial charge in [-0.25, -0.2) is 0 Å². The number of rotatable bonds is 8. The van der Waals surface area contributed by atoms with Crippen LogP contribution in [-0.2, 0) is 10.8 Å². The largest absolute Gasteiger partial charge is 0.456 e. The van der Waals surface area contributed by atoms with Crippen molar-refractivity contribution in [3.63, 3.8) is 0 Å². The minimum Gasteiger partial charge on any atom is -0.456 e. The first-order valence-electron chi connectivity index (χ1n) is 45.4. The van der Waals surface area contributed by atoms with Gasteiger partial charge in [-0.05, 0) is 154 Å². The van der Waals surface area contributed by atoms with E-state index in [1.54, 1.807) is 4.57 Å². The molecule has 0 unspecified atom stereocenters. The Balaban J connectivity index is 0.977. The monoisotopic (exact) mass is 1390 g/mol. The molecule has 0 saturated carbocycles. The predicted octanol–water partition coefficient (Wildman–Crippen LogP) is 21.6. The zero-order valence-electron chi connectivity index (χ0n) is 76.5. The molecule has 108 heavy (non-hydrogen) atoms. The van der Waals surface area contributed by atoms with Crippen LogP contribution < -0.4 is 47.3 Å². The van der Waals surface area contributed by atoms with E-state index in [1.165, 1.54) is 4.57 Å². The zero-order chi connectivity index (χ0) is 86.9. The number of anilines is 6. The van der Waals surface area contributed by atoms with Gasteiger partial charge in [0.25, 0.3) is 13.4 Å². The third kappa shape index (κ3) is 8.39. The summed E-state index contributed by atoms with van der Waals surface area (Å²) >= 11 is 0. The summed E-state index contributed by atoms with van der Waals surface area (Å²) in [6.45, 7) is 3.96. The summed E-state index contributed by atoms with van der Waals surface area (Å²) in [6.07, 6.45) is 0. The van der Waals surface area contributed by atoms with Crippen molar-refractivity contribution >= 4 is 124 Å². The third-order valence-electron chi connectivity index (χ3n) is 23.0. The zero-order valence-corrected chi connectivity index (χ0v) is 58.5. The number of benzene rings is 16. The van der Waals surface area contributed by atoms with Gasteiger partial charge in [-0.2, -0.15) is 0 Å². The molecule has 2 aromatic heterocycles. The van der Waals surface area contributed by atoms with Gasteiger partial charge in [0.1, 0.15) is 11.5 Å². The Morgan fingerprint density at radius 1 is 0.361 bits per heavy atom. The van der Waals surface area contributed by atoms with Crippen LogP contribution in [0.15, 0.2) is 357 Å². The van der Waals surface area contributed by atoms with Crippen LogP contribution in [0.5, 0.6) is 11.5 Å². The molecule has 504 valence electrons. The van der Waals surface area contributed by atoms with Crippen molar-refractivity contribution in [2.45, 2.75) is 31.6 Å². The number of nitrogens with zero attached hydrogens (tertiary/aromatic N) is 4. The van der Waals surface area contributed by atoms with Crippen molar-refractivity contribution < 1.29 is 29.4 Å². The Labute approximate surface area is 653 Å². The van der Waals surface area contributed by atoms with Gasteiger partial charge < -0.3 is 23.7 Å². The van der Waals surface area contributed by atoms with Crippen LogP contribution in [-0.4, -0.2) is 22.6 Å². The van der Waals surface area contributed by atoms with Gasteiger partial charge in [-0.15, -0.1) is 0 Å². The smallest absolute Gasteiger partial charge is 0.256 e. The summed E-state index contributed by atoms with van der Waals surface area (Å²) in [4.78, 5) is 4.29. The highest BCUT2D eigenvalue weighted by Gasteiger charge is 2.54. The second kappa shape index (κ2) is 22.8. The molecule has 16 aromatic carbocycles. The van der Waals surface area contributed by atoms with E-state index < -0.39 is 133 Å². The Morgan fingerprint density at radius 2 is 0.889 bits per heavy atom. The highest BCUT2D eigenvalue weighted by Crippen LogP contribution is 2.62. The van der Waals surface area contributed by atoms with Crippen molar-refractivity contribution in [3.05, 3.63) is 385 Å². The highest BCUT2D eigenvalue weighted by molar-refractivity contribution is 7.02. The van der Waals surface area contributed by atoms with Crippen LogP contribution in [0.3, 0.4) is 0 Å². The average molecular weight is 1390 g/mol. The molecule has 1 aliphatic carbocycles. The lowest BCUT2D eigenvalue weighted by Gasteiger charge is -2.48. The fourth-order valence-electron chi connectivity index (χ4n) is 18.6. The lowest BCUT2D eigenvalue weighted by atomic mass is 9.31. The molecule has 0 spiro atoms. The number of para-hydroxylation sites is 5. The molecule has 5 aliphatic rings. The number of ether oxygens (including phenoxy) is 1. The molecule has 0 atom stereocenters. The third-order valence-corrected chi connectivity index (χ3v) is 23.0. The second-order valence-corrected chi connectivity index (χ2v) is 29.5. The maximum absolute atomic E-state index is 11.9. The molecule has 0 N–H and O–H groups in total. The summed E-state index contributed by atoms with van der Waals surface area (Å²) in [6, 6.07) is 72.9. The van der Waals surface area contributed by atoms with Crippen molar-refractivity contribution in [1.29, 1.82) is 0 Å². The van der Waals surface area contributed by atoms with Crippen molar-refractivity contribution in [1.82, 2.24) is 9.13 Å². The molecule has 0 saturated heterocycles. The van der Waals surface area contributed by atoms with Crippen LogP contribution in [0.4, 0.5) is 34.1 Å². The summed E-state index contributed by atoms with van der Waals surface area (Å²) < 4.78 is 192. The summed E-state index contributed by atoms with van der Waals surface area (Å²) in [5.41, 5.74) is 12.9. The number of hydrogen-bond donors (Lipinski definition) is 0. The first kappa shape index (κ1) is 45.8. The quantitative estimate of drug-likeness (QED) is 0.142. The minimum atomic E-state index is -1.35. The fraction of sp³-hybridized carbons (Fsp3) is 0.0495. The van der Waals surface area contributed by atoms with E-state index >= 15 is 0 Å². The van der Waals surface area contributed by atoms with Crippen molar-refractivity contribution in [2.24, 2.45) is 0 Å². The molecule has 5 nitrogen and oxygen atoms in total. The number of hydrogen-bond acceptors (Lipinski definition) is 3. The molecule has 0 radical (unpaired) electrons. The molecule has 4 aliphatic heterocycles. The van der Waals surface area contributed by atoms with E-state index in [0.717, 1.165) is 61.2 Å². The van der Waals surface area contributed by atoms with Gasteiger partial charge in [-0.1, -0.05) is 318 Å². The van der Waals surface area contributed by atoms with Crippen LogP contribution in [0, 0.1) is 0 Å². The van der Waals surface area contributed by atoms with E-state index in [-0.39, 0.29) is 72.0 Å². The standard InChI is InChI=1S/C101H68B2N4O/c1-100(2,3)69-59-89-94-90(60-69)107(96-71(64-32-11-5-12-33-64)44-27-45-72(96)65-34-13-6-14-35-65)88-61-70(104-84-50-24-20-41-74(84)75-42-21-25-51-85(75)104)55-57-80(88)102(94)83-62-91-95-99(98(83)106(89)87-53-29-46-77-73-40-19-23-48-79(73)101(93(77)87,67-36-15-7-16-37-67)68-38-17-8-18-39-68)108-92-58-66(63-30-9-4-10-31-63)54-56-81(92)103(95)82-49-28-47-78-76-43-22-26-52-86(76)105(91)97(78)82/h4-62H,1-3H3/i20D,21D,22D,24D,25D,26D,28D,41D,42D,43D,47D,49D,50D,51D,52D,55D,57D,61D. The average Bonchev–Trinajstić information content (AvgIpc) is 1.12. The molecule has 18 aromatic rings. The molecule has 0 bridgehead atoms. The molecular formula is C101H68B2N4O. The van der Waals surface area contributed by atoms with Crippen molar-refractivity contribution in [3.8, 4) is 67.4 Å². The number of aromatic nitrogens is 2. The molecule has 0 fully saturated rings. The van der Waals surface area contributed by atoms with Crippen LogP contribution >= 0.6 is 0 Å². The maximum Gasteiger partial charge on any atom is 0.256 e. The first-order valence-corrected chi connectivity index (χ1v) is 36.4. The first-order chi connectivity index (χ1) is 60.8. The highest BCUT2D eigenvalue weighted by atomic mass is 16.5. The van der Waals surface area contributed by atoms with Gasteiger partial charge in [-0.3, -0.25) is 0 Å². The van der Waals surface area contributed by atoms with Gasteiger partial charge in [0.2, 0.25) is 0 Å². The SMILES string of the molecule is [2H]c1c([2H])c(-n2c3c([2H])c([2H])c([2H])c([2H])c3c3c([2H])c([2H])c([2H])c([2H])c32)c([2H])c2c1B1c3cc4c5c(c3N(c3cccc6c3C(c3ccccc3)(c3ccccc3)c3ccccc3-6)c3cc(C(C)(C)C)cc(c31)N2c1c(-c2ccccc2)cccc1-c1ccccc1)Oc1cc(-c2ccccc2)ccc1B5c1c([2H])c([2H])c([2H])c2c3c([2H])c([2H])c([2H])c([2H])c3n-4c12. The van der Waals surface area contributed by atoms with E-state index in [9.17, 15) is 24.7 Å². The summed E-state index contributed by atoms with van der Waals surface area (Å²) in [5.74, 6) is 0.549. The van der Waals surface area contributed by atoms with Crippen LogP contribution in [0.25, 0.3) is 99.5 Å². The lowest BCUT2D eigenvalue weighted by Crippen LogP contribution is -2.64. The fourth-order valence-corrected chi connectivity index (χ4v) is 18.6. The molecule has 7 heteroatoms. The van der Waals surface area contributed by atoms with Crippen LogP contribution in [0.1, 0.15) is 73.3 Å². The topological polar surface area (TPSA) is 25.6 Å². The normalized spacial score (nSPS) is 16.1. The van der Waals surface area contributed by atoms with Gasteiger partial charge in [0.05, 0.1) is 63.7 Å². The van der Waals surface area contributed by atoms with E-state index in [4.69, 9.17) is 4.74 Å². The molecule has 0 amide bonds. The van der Waals surface area contributed by atoms with Gasteiger partial charge in [0.15, 0.2) is 0 Å². The van der Waals surface area contributed by atoms with Crippen molar-refractivity contribution in [2.75, 3.05) is 9.80 Å². The molecule has 23 rings (SSSR count). The van der Waals surface area contributed by atoms with E-state index in [1.807, 2.05) is 150 Å². The second-order valence-electron chi connectivity index (χ2n) is 29.5. The Bertz CT molecular complexity index is 7810. The van der Waals surface area contributed by atoms with E-state index in [0.29, 0.717) is 72.9 Å². The lowest BCUT2D eigenvalue weighted by molar-refractivity contribution is 0.489. The predicted molar refractivity (Wildman–Crippen MR) is 453 cm³/mol. The Hall–Kier alpha value is -13.4. The Morgan fingerprint density at radius 3 is 1.53 bits per heavy atom. The molecular weight excluding hydrogens is 1310 g/mol.